The van der Waals surface area contributed by atoms with Crippen LogP contribution in [-0.2, 0) is 12.0 Å². The Morgan fingerprint density at radius 2 is 2.03 bits per heavy atom. The molecular formula is C22H24N4O3. The third-order valence-corrected chi connectivity index (χ3v) is 6.07. The lowest BCUT2D eigenvalue weighted by Crippen LogP contribution is -2.32. The second-order valence-electron chi connectivity index (χ2n) is 8.37. The molecule has 7 nitrogen and oxygen atoms in total. The first-order chi connectivity index (χ1) is 13.9. The summed E-state index contributed by atoms with van der Waals surface area (Å²) in [6.45, 7) is 5.99. The van der Waals surface area contributed by atoms with Crippen LogP contribution in [-0.4, -0.2) is 50.1 Å². The van der Waals surface area contributed by atoms with Gasteiger partial charge in [-0.3, -0.25) is 9.67 Å². The first kappa shape index (κ1) is 18.0. The van der Waals surface area contributed by atoms with Gasteiger partial charge in [0.15, 0.2) is 0 Å². The van der Waals surface area contributed by atoms with Gasteiger partial charge < -0.3 is 14.7 Å². The molecule has 1 atom stereocenters. The minimum absolute atomic E-state index is 0.105. The van der Waals surface area contributed by atoms with Gasteiger partial charge in [0.1, 0.15) is 5.75 Å². The van der Waals surface area contributed by atoms with Crippen molar-refractivity contribution < 1.29 is 14.6 Å². The number of rotatable bonds is 3. The highest BCUT2D eigenvalue weighted by Crippen LogP contribution is 2.43. The Hall–Kier alpha value is -3.09. The van der Waals surface area contributed by atoms with Gasteiger partial charge in [-0.25, -0.2) is 4.79 Å². The molecule has 0 aliphatic carbocycles. The standard InChI is InChI=1S/C22H24N4O3/c1-14(2)29-17-3-4-18-15(10-17)9-16(12-23-18)19-11-20-22(6-8-26(20)24-19)5-7-25(13-22)21(27)28/h3-4,9-12,14H,5-8,13H2,1-2H3,(H,27,28). The fourth-order valence-corrected chi connectivity index (χ4v) is 4.65. The van der Waals surface area contributed by atoms with E-state index in [-0.39, 0.29) is 11.5 Å². The molecule has 0 bridgehead atoms. The lowest BCUT2D eigenvalue weighted by Gasteiger charge is -2.21. The maximum atomic E-state index is 11.4. The molecule has 29 heavy (non-hydrogen) atoms. The molecule has 2 aliphatic rings. The number of ether oxygens (including phenoxy) is 1. The summed E-state index contributed by atoms with van der Waals surface area (Å²) in [5.41, 5.74) is 3.81. The van der Waals surface area contributed by atoms with Crippen LogP contribution in [0.15, 0.2) is 36.5 Å². The number of carbonyl (C=O) groups is 1. The van der Waals surface area contributed by atoms with Gasteiger partial charge in [-0.15, -0.1) is 0 Å². The van der Waals surface area contributed by atoms with Crippen molar-refractivity contribution in [1.29, 1.82) is 0 Å². The smallest absolute Gasteiger partial charge is 0.407 e. The van der Waals surface area contributed by atoms with Crippen molar-refractivity contribution in [3.63, 3.8) is 0 Å². The Balaban J connectivity index is 1.49. The molecule has 1 amide bonds. The number of nitrogens with zero attached hydrogens (tertiary/aromatic N) is 4. The molecule has 7 heteroatoms. The van der Waals surface area contributed by atoms with E-state index in [2.05, 4.69) is 17.1 Å². The second kappa shape index (κ2) is 6.47. The summed E-state index contributed by atoms with van der Waals surface area (Å²) < 4.78 is 7.86. The zero-order valence-corrected chi connectivity index (χ0v) is 16.6. The number of pyridine rings is 1. The van der Waals surface area contributed by atoms with E-state index >= 15 is 0 Å². The SMILES string of the molecule is CC(C)Oc1ccc2ncc(-c3cc4n(n3)CCC43CCN(C(=O)O)C3)cc2c1. The molecule has 0 radical (unpaired) electrons. The summed E-state index contributed by atoms with van der Waals surface area (Å²) in [6.07, 6.45) is 2.95. The van der Waals surface area contributed by atoms with Crippen molar-refractivity contribution in [2.45, 2.75) is 44.8 Å². The Morgan fingerprint density at radius 1 is 1.21 bits per heavy atom. The van der Waals surface area contributed by atoms with Crippen molar-refractivity contribution >= 4 is 17.0 Å². The van der Waals surface area contributed by atoms with Crippen molar-refractivity contribution in [2.24, 2.45) is 0 Å². The van der Waals surface area contributed by atoms with Crippen LogP contribution in [0.4, 0.5) is 4.79 Å². The lowest BCUT2D eigenvalue weighted by atomic mass is 9.82. The summed E-state index contributed by atoms with van der Waals surface area (Å²) in [7, 11) is 0. The first-order valence-corrected chi connectivity index (χ1v) is 10.1. The average molecular weight is 392 g/mol. The highest BCUT2D eigenvalue weighted by Gasteiger charge is 2.46. The molecule has 4 heterocycles. The fourth-order valence-electron chi connectivity index (χ4n) is 4.65. The zero-order chi connectivity index (χ0) is 20.2. The van der Waals surface area contributed by atoms with E-state index in [1.54, 1.807) is 0 Å². The van der Waals surface area contributed by atoms with Crippen LogP contribution in [0.2, 0.25) is 0 Å². The van der Waals surface area contributed by atoms with E-state index in [0.29, 0.717) is 13.1 Å². The van der Waals surface area contributed by atoms with Crippen LogP contribution in [0.1, 0.15) is 32.4 Å². The van der Waals surface area contributed by atoms with Gasteiger partial charge >= 0.3 is 6.09 Å². The highest BCUT2D eigenvalue weighted by molar-refractivity contribution is 5.84. The number of carboxylic acid groups (broad SMARTS) is 1. The Morgan fingerprint density at radius 3 is 2.79 bits per heavy atom. The summed E-state index contributed by atoms with van der Waals surface area (Å²) in [5, 5.41) is 15.2. The number of amides is 1. The fraction of sp³-hybridized carbons (Fsp3) is 0.409. The molecule has 2 aromatic heterocycles. The van der Waals surface area contributed by atoms with Gasteiger partial charge in [0, 0.05) is 47.9 Å². The molecule has 1 fully saturated rings. The molecule has 5 rings (SSSR count). The minimum atomic E-state index is -0.835. The van der Waals surface area contributed by atoms with Gasteiger partial charge in [-0.1, -0.05) is 0 Å². The molecule has 150 valence electrons. The number of hydrogen-bond donors (Lipinski definition) is 1. The van der Waals surface area contributed by atoms with E-state index in [9.17, 15) is 9.90 Å². The molecule has 1 N–H and O–H groups in total. The van der Waals surface area contributed by atoms with Gasteiger partial charge in [0.2, 0.25) is 0 Å². The van der Waals surface area contributed by atoms with Crippen molar-refractivity contribution in [3.05, 3.63) is 42.2 Å². The molecule has 2 aliphatic heterocycles. The number of fused-ring (bicyclic) bond motifs is 3. The molecule has 0 saturated carbocycles. The van der Waals surface area contributed by atoms with E-state index in [0.717, 1.165) is 53.0 Å². The van der Waals surface area contributed by atoms with Gasteiger partial charge in [-0.2, -0.15) is 5.10 Å². The van der Waals surface area contributed by atoms with Crippen LogP contribution in [0.5, 0.6) is 5.75 Å². The quantitative estimate of drug-likeness (QED) is 0.731. The molecule has 1 unspecified atom stereocenters. The summed E-state index contributed by atoms with van der Waals surface area (Å²) in [5.74, 6) is 0.831. The molecule has 3 aromatic rings. The molecular weight excluding hydrogens is 368 g/mol. The molecule has 1 spiro atoms. The third kappa shape index (κ3) is 3.01. The average Bonchev–Trinajstić information content (AvgIpc) is 3.38. The van der Waals surface area contributed by atoms with Gasteiger partial charge in [-0.05, 0) is 57.0 Å². The number of aromatic nitrogens is 3. The summed E-state index contributed by atoms with van der Waals surface area (Å²) in [4.78, 5) is 17.5. The topological polar surface area (TPSA) is 80.5 Å². The maximum absolute atomic E-state index is 11.4. The van der Waals surface area contributed by atoms with Crippen molar-refractivity contribution in [3.8, 4) is 17.0 Å². The van der Waals surface area contributed by atoms with Crippen molar-refractivity contribution in [2.75, 3.05) is 13.1 Å². The summed E-state index contributed by atoms with van der Waals surface area (Å²) in [6, 6.07) is 10.1. The van der Waals surface area contributed by atoms with Crippen LogP contribution in [0, 0.1) is 0 Å². The van der Waals surface area contributed by atoms with Crippen LogP contribution >= 0.6 is 0 Å². The predicted octanol–water partition coefficient (Wildman–Crippen LogP) is 3.91. The largest absolute Gasteiger partial charge is 0.491 e. The number of likely N-dealkylation sites (tertiary alicyclic amines) is 1. The van der Waals surface area contributed by atoms with E-state index in [1.807, 2.05) is 42.9 Å². The van der Waals surface area contributed by atoms with E-state index in [4.69, 9.17) is 9.84 Å². The maximum Gasteiger partial charge on any atom is 0.407 e. The monoisotopic (exact) mass is 392 g/mol. The Labute approximate surface area is 168 Å². The van der Waals surface area contributed by atoms with Crippen molar-refractivity contribution in [1.82, 2.24) is 19.7 Å². The lowest BCUT2D eigenvalue weighted by molar-refractivity contribution is 0.153. The Kier molecular flexibility index (Phi) is 4.01. The second-order valence-corrected chi connectivity index (χ2v) is 8.37. The molecule has 1 aromatic carbocycles. The van der Waals surface area contributed by atoms with Gasteiger partial charge in [0.05, 0.1) is 17.3 Å². The highest BCUT2D eigenvalue weighted by atomic mass is 16.5. The number of benzene rings is 1. The van der Waals surface area contributed by atoms with Crippen LogP contribution in [0.3, 0.4) is 0 Å². The zero-order valence-electron chi connectivity index (χ0n) is 16.6. The molecule has 1 saturated heterocycles. The van der Waals surface area contributed by atoms with Crippen LogP contribution in [0.25, 0.3) is 22.2 Å². The summed E-state index contributed by atoms with van der Waals surface area (Å²) >= 11 is 0. The normalized spacial score (nSPS) is 20.7. The number of aryl methyl sites for hydroxylation is 1. The predicted molar refractivity (Wildman–Crippen MR) is 109 cm³/mol. The van der Waals surface area contributed by atoms with Gasteiger partial charge in [0.25, 0.3) is 0 Å². The van der Waals surface area contributed by atoms with Crippen LogP contribution < -0.4 is 4.74 Å². The number of hydrogen-bond acceptors (Lipinski definition) is 4. The minimum Gasteiger partial charge on any atom is -0.491 e. The van der Waals surface area contributed by atoms with E-state index in [1.165, 1.54) is 4.90 Å². The first-order valence-electron chi connectivity index (χ1n) is 10.1. The van der Waals surface area contributed by atoms with E-state index < -0.39 is 6.09 Å². The third-order valence-electron chi connectivity index (χ3n) is 6.07. The Bertz CT molecular complexity index is 1110.